The SMILES string of the molecule is COc1cc([C@@H]2C(C(=O)c3cc4ccccc4o3)=C(O)C(=O)N2c2nccs2)cc(OC)c1OC. The van der Waals surface area contributed by atoms with Gasteiger partial charge < -0.3 is 23.7 Å². The Morgan fingerprint density at radius 1 is 1.09 bits per heavy atom. The summed E-state index contributed by atoms with van der Waals surface area (Å²) < 4.78 is 22.1. The maximum absolute atomic E-state index is 13.7. The smallest absolute Gasteiger partial charge is 0.296 e. The van der Waals surface area contributed by atoms with Crippen LogP contribution in [0.4, 0.5) is 5.13 Å². The Morgan fingerprint density at radius 2 is 1.80 bits per heavy atom. The standard InChI is InChI=1S/C25H20N2O7S/c1-31-17-11-14(12-18(32-2)23(17)33-3)20-19(22(29)24(30)27(20)25-26-8-9-35-25)21(28)16-10-13-6-4-5-7-15(13)34-16/h4-12,20,29H,1-3H3/t20-/m1/s1. The molecule has 1 atom stereocenters. The minimum absolute atomic E-state index is 0.000944. The molecule has 0 unspecified atom stereocenters. The molecule has 2 aromatic heterocycles. The first-order chi connectivity index (χ1) is 17.0. The van der Waals surface area contributed by atoms with Gasteiger partial charge in [-0.2, -0.15) is 0 Å². The number of thiazole rings is 1. The lowest BCUT2D eigenvalue weighted by Gasteiger charge is -2.25. The summed E-state index contributed by atoms with van der Waals surface area (Å²) in [5.74, 6) is -1.04. The number of anilines is 1. The lowest BCUT2D eigenvalue weighted by atomic mass is 9.94. The number of amides is 1. The number of furan rings is 1. The summed E-state index contributed by atoms with van der Waals surface area (Å²) in [5.41, 5.74) is 0.825. The van der Waals surface area contributed by atoms with E-state index in [1.54, 1.807) is 35.7 Å². The van der Waals surface area contributed by atoms with Crippen molar-refractivity contribution in [3.63, 3.8) is 0 Å². The Hall–Kier alpha value is -4.31. The third-order valence-corrected chi connectivity index (χ3v) is 6.50. The third kappa shape index (κ3) is 3.58. The topological polar surface area (TPSA) is 111 Å². The van der Waals surface area contributed by atoms with E-state index >= 15 is 0 Å². The van der Waals surface area contributed by atoms with Crippen LogP contribution in [-0.4, -0.2) is 43.1 Å². The van der Waals surface area contributed by atoms with Gasteiger partial charge in [0, 0.05) is 17.0 Å². The van der Waals surface area contributed by atoms with Crippen LogP contribution in [0.3, 0.4) is 0 Å². The van der Waals surface area contributed by atoms with E-state index in [-0.39, 0.29) is 11.3 Å². The predicted octanol–water partition coefficient (Wildman–Crippen LogP) is 4.70. The quantitative estimate of drug-likeness (QED) is 0.370. The van der Waals surface area contributed by atoms with Crippen LogP contribution in [0.5, 0.6) is 17.2 Å². The predicted molar refractivity (Wildman–Crippen MR) is 129 cm³/mol. The summed E-state index contributed by atoms with van der Waals surface area (Å²) in [5, 5.41) is 13.7. The van der Waals surface area contributed by atoms with Crippen molar-refractivity contribution < 1.29 is 33.3 Å². The molecule has 0 fully saturated rings. The van der Waals surface area contributed by atoms with E-state index in [4.69, 9.17) is 18.6 Å². The lowest BCUT2D eigenvalue weighted by molar-refractivity contribution is -0.117. The number of para-hydroxylation sites is 1. The zero-order valence-corrected chi connectivity index (χ0v) is 19.8. The van der Waals surface area contributed by atoms with Gasteiger partial charge in [-0.15, -0.1) is 11.3 Å². The summed E-state index contributed by atoms with van der Waals surface area (Å²) >= 11 is 1.20. The number of aromatic nitrogens is 1. The molecule has 2 aromatic carbocycles. The molecule has 5 rings (SSSR count). The van der Waals surface area contributed by atoms with Crippen LogP contribution < -0.4 is 19.1 Å². The number of nitrogens with zero attached hydrogens (tertiary/aromatic N) is 2. The number of Topliss-reactive ketones (excluding diaryl/α,β-unsaturated/α-hetero) is 1. The Labute approximate surface area is 203 Å². The van der Waals surface area contributed by atoms with Gasteiger partial charge in [-0.05, 0) is 29.8 Å². The molecule has 0 aliphatic carbocycles. The number of carbonyl (C=O) groups excluding carboxylic acids is 2. The summed E-state index contributed by atoms with van der Waals surface area (Å²) in [6.07, 6.45) is 1.54. The maximum Gasteiger partial charge on any atom is 0.296 e. The monoisotopic (exact) mass is 492 g/mol. The summed E-state index contributed by atoms with van der Waals surface area (Å²) in [6.45, 7) is 0. The van der Waals surface area contributed by atoms with E-state index in [1.165, 1.54) is 43.8 Å². The van der Waals surface area contributed by atoms with Crippen molar-refractivity contribution in [1.82, 2.24) is 4.98 Å². The van der Waals surface area contributed by atoms with Crippen LogP contribution in [0.15, 0.2) is 69.8 Å². The van der Waals surface area contributed by atoms with Crippen molar-refractivity contribution in [1.29, 1.82) is 0 Å². The van der Waals surface area contributed by atoms with Gasteiger partial charge in [-0.3, -0.25) is 14.5 Å². The Balaban J connectivity index is 1.71. The van der Waals surface area contributed by atoms with Gasteiger partial charge >= 0.3 is 0 Å². The van der Waals surface area contributed by atoms with Crippen LogP contribution in [0.2, 0.25) is 0 Å². The number of aliphatic hydroxyl groups excluding tert-OH is 1. The molecular weight excluding hydrogens is 472 g/mol. The Kier molecular flexibility index (Phi) is 5.65. The molecule has 0 radical (unpaired) electrons. The number of aliphatic hydroxyl groups is 1. The summed E-state index contributed by atoms with van der Waals surface area (Å²) in [4.78, 5) is 32.5. The average Bonchev–Trinajstić information content (AvgIpc) is 3.61. The first-order valence-corrected chi connectivity index (χ1v) is 11.4. The van der Waals surface area contributed by atoms with Gasteiger partial charge in [0.2, 0.25) is 11.5 Å². The molecular formula is C25H20N2O7S. The number of carbonyl (C=O) groups is 2. The largest absolute Gasteiger partial charge is 0.503 e. The Morgan fingerprint density at radius 3 is 2.40 bits per heavy atom. The van der Waals surface area contributed by atoms with Crippen LogP contribution >= 0.6 is 11.3 Å². The van der Waals surface area contributed by atoms with Gasteiger partial charge in [0.05, 0.1) is 32.9 Å². The number of hydrogen-bond acceptors (Lipinski definition) is 9. The van der Waals surface area contributed by atoms with Gasteiger partial charge in [-0.25, -0.2) is 4.98 Å². The molecule has 1 aliphatic heterocycles. The second-order valence-electron chi connectivity index (χ2n) is 7.59. The normalized spacial score (nSPS) is 15.7. The number of fused-ring (bicyclic) bond motifs is 1. The molecule has 178 valence electrons. The molecule has 1 amide bonds. The molecule has 3 heterocycles. The highest BCUT2D eigenvalue weighted by Gasteiger charge is 2.47. The van der Waals surface area contributed by atoms with Crippen molar-refractivity contribution >= 4 is 39.1 Å². The van der Waals surface area contributed by atoms with Gasteiger partial charge in [0.15, 0.2) is 28.1 Å². The highest BCUT2D eigenvalue weighted by atomic mass is 32.1. The molecule has 4 aromatic rings. The van der Waals surface area contributed by atoms with E-state index in [9.17, 15) is 14.7 Å². The lowest BCUT2D eigenvalue weighted by Crippen LogP contribution is -2.31. The second-order valence-corrected chi connectivity index (χ2v) is 8.46. The minimum atomic E-state index is -1.02. The van der Waals surface area contributed by atoms with Gasteiger partial charge in [-0.1, -0.05) is 18.2 Å². The van der Waals surface area contributed by atoms with Crippen molar-refractivity contribution in [2.45, 2.75) is 6.04 Å². The van der Waals surface area contributed by atoms with Crippen molar-refractivity contribution in [3.05, 3.63) is 76.7 Å². The highest BCUT2D eigenvalue weighted by Crippen LogP contribution is 2.47. The third-order valence-electron chi connectivity index (χ3n) is 5.73. The molecule has 0 bridgehead atoms. The fourth-order valence-corrected chi connectivity index (χ4v) is 4.84. The molecule has 10 heteroatoms. The second kappa shape index (κ2) is 8.80. The molecule has 0 saturated carbocycles. The molecule has 35 heavy (non-hydrogen) atoms. The van der Waals surface area contributed by atoms with Crippen molar-refractivity contribution in [3.8, 4) is 17.2 Å². The molecule has 1 N–H and O–H groups in total. The fourth-order valence-electron chi connectivity index (χ4n) is 4.17. The molecule has 1 aliphatic rings. The van der Waals surface area contributed by atoms with E-state index in [2.05, 4.69) is 4.98 Å². The van der Waals surface area contributed by atoms with Crippen molar-refractivity contribution in [2.75, 3.05) is 26.2 Å². The zero-order chi connectivity index (χ0) is 24.7. The first kappa shape index (κ1) is 22.5. The zero-order valence-electron chi connectivity index (χ0n) is 19.0. The van der Waals surface area contributed by atoms with E-state index in [0.29, 0.717) is 33.5 Å². The number of ether oxygens (including phenoxy) is 3. The number of methoxy groups -OCH3 is 3. The Bertz CT molecular complexity index is 1410. The number of benzene rings is 2. The summed E-state index contributed by atoms with van der Waals surface area (Å²) in [6, 6.07) is 11.0. The van der Waals surface area contributed by atoms with Crippen LogP contribution in [0.25, 0.3) is 11.0 Å². The maximum atomic E-state index is 13.7. The minimum Gasteiger partial charge on any atom is -0.503 e. The average molecular weight is 493 g/mol. The number of ketones is 1. The number of rotatable bonds is 7. The number of hydrogen-bond donors (Lipinski definition) is 1. The molecule has 9 nitrogen and oxygen atoms in total. The molecule has 0 saturated heterocycles. The van der Waals surface area contributed by atoms with E-state index < -0.39 is 23.5 Å². The van der Waals surface area contributed by atoms with Gasteiger partial charge in [0.1, 0.15) is 5.58 Å². The van der Waals surface area contributed by atoms with Crippen molar-refractivity contribution in [2.24, 2.45) is 0 Å². The first-order valence-electron chi connectivity index (χ1n) is 10.5. The molecule has 0 spiro atoms. The van der Waals surface area contributed by atoms with E-state index in [0.717, 1.165) is 5.39 Å². The highest BCUT2D eigenvalue weighted by molar-refractivity contribution is 7.13. The van der Waals surface area contributed by atoms with E-state index in [1.807, 2.05) is 12.1 Å². The summed E-state index contributed by atoms with van der Waals surface area (Å²) in [7, 11) is 4.41. The van der Waals surface area contributed by atoms with Crippen LogP contribution in [-0.2, 0) is 4.79 Å². The van der Waals surface area contributed by atoms with Crippen LogP contribution in [0.1, 0.15) is 22.2 Å². The van der Waals surface area contributed by atoms with Gasteiger partial charge in [0.25, 0.3) is 5.91 Å². The fraction of sp³-hybridized carbons (Fsp3) is 0.160. The van der Waals surface area contributed by atoms with Crippen LogP contribution in [0, 0.1) is 0 Å².